The van der Waals surface area contributed by atoms with Gasteiger partial charge in [0.15, 0.2) is 0 Å². The molecule has 0 fully saturated rings. The molecule has 0 saturated carbocycles. The summed E-state index contributed by atoms with van der Waals surface area (Å²) in [4.78, 5) is 0. The van der Waals surface area contributed by atoms with Crippen molar-refractivity contribution in [1.82, 2.24) is 0 Å². The van der Waals surface area contributed by atoms with Crippen LogP contribution in [-0.4, -0.2) is 23.4 Å². The van der Waals surface area contributed by atoms with Crippen LogP contribution < -0.4 is 10.5 Å². The molecule has 1 aromatic rings. The Hall–Kier alpha value is -1.06. The third-order valence-corrected chi connectivity index (χ3v) is 4.66. The van der Waals surface area contributed by atoms with Crippen molar-refractivity contribution in [3.05, 3.63) is 29.8 Å². The van der Waals surface area contributed by atoms with Crippen LogP contribution in [0.5, 0.6) is 5.75 Å². The lowest BCUT2D eigenvalue weighted by Crippen LogP contribution is -2.43. The van der Waals surface area contributed by atoms with Crippen molar-refractivity contribution in [2.45, 2.75) is 83.8 Å². The number of aliphatic hydroxyl groups excluding tert-OH is 1. The van der Waals surface area contributed by atoms with Crippen molar-refractivity contribution in [2.24, 2.45) is 5.73 Å². The largest absolute Gasteiger partial charge is 0.491 e. The van der Waals surface area contributed by atoms with Gasteiger partial charge in [0.1, 0.15) is 5.75 Å². The Kier molecular flexibility index (Phi) is 9.27. The van der Waals surface area contributed by atoms with Gasteiger partial charge in [-0.1, -0.05) is 45.2 Å². The van der Waals surface area contributed by atoms with Gasteiger partial charge in [-0.05, 0) is 56.7 Å². The van der Waals surface area contributed by atoms with E-state index in [-0.39, 0.29) is 12.7 Å². The number of benzene rings is 1. The quantitative estimate of drug-likeness (QED) is 0.559. The van der Waals surface area contributed by atoms with Crippen LogP contribution in [0.4, 0.5) is 0 Å². The van der Waals surface area contributed by atoms with Crippen molar-refractivity contribution in [1.29, 1.82) is 0 Å². The fourth-order valence-electron chi connectivity index (χ4n) is 2.65. The summed E-state index contributed by atoms with van der Waals surface area (Å²) in [6, 6.07) is 8.29. The van der Waals surface area contributed by atoms with Crippen LogP contribution in [-0.2, 0) is 6.42 Å². The standard InChI is InChI=1S/C20H35NO2/c1-4-6-7-8-9-17(3)23-19-12-10-18(11-13-19)14-15-20(21,5-2)16-22/h10-13,17,22H,4-9,14-16,21H2,1-3H3/t17-,20-/m0/s1. The van der Waals surface area contributed by atoms with Gasteiger partial charge < -0.3 is 15.6 Å². The Morgan fingerprint density at radius 2 is 1.83 bits per heavy atom. The lowest BCUT2D eigenvalue weighted by molar-refractivity contribution is 0.183. The Morgan fingerprint density at radius 1 is 1.13 bits per heavy atom. The molecule has 0 bridgehead atoms. The minimum atomic E-state index is -0.456. The average Bonchev–Trinajstić information content (AvgIpc) is 2.58. The van der Waals surface area contributed by atoms with Crippen LogP contribution in [0.15, 0.2) is 24.3 Å². The van der Waals surface area contributed by atoms with Crippen LogP contribution in [0.25, 0.3) is 0 Å². The Labute approximate surface area is 142 Å². The maximum atomic E-state index is 9.37. The molecule has 3 nitrogen and oxygen atoms in total. The number of nitrogens with two attached hydrogens (primary N) is 1. The molecule has 23 heavy (non-hydrogen) atoms. The summed E-state index contributed by atoms with van der Waals surface area (Å²) in [6.07, 6.45) is 8.99. The van der Waals surface area contributed by atoms with Crippen molar-refractivity contribution >= 4 is 0 Å². The molecular weight excluding hydrogens is 286 g/mol. The van der Waals surface area contributed by atoms with Gasteiger partial charge in [0.05, 0.1) is 12.7 Å². The topological polar surface area (TPSA) is 55.5 Å². The number of aliphatic hydroxyl groups is 1. The maximum absolute atomic E-state index is 9.37. The monoisotopic (exact) mass is 321 g/mol. The molecule has 0 radical (unpaired) electrons. The second kappa shape index (κ2) is 10.7. The van der Waals surface area contributed by atoms with E-state index in [4.69, 9.17) is 10.5 Å². The van der Waals surface area contributed by atoms with Gasteiger partial charge in [0, 0.05) is 5.54 Å². The molecule has 0 aliphatic carbocycles. The molecule has 0 heterocycles. The highest BCUT2D eigenvalue weighted by molar-refractivity contribution is 5.27. The smallest absolute Gasteiger partial charge is 0.119 e. The van der Waals surface area contributed by atoms with Crippen LogP contribution >= 0.6 is 0 Å². The summed E-state index contributed by atoms with van der Waals surface area (Å²) < 4.78 is 5.97. The van der Waals surface area contributed by atoms with E-state index in [1.807, 2.05) is 19.1 Å². The van der Waals surface area contributed by atoms with E-state index >= 15 is 0 Å². The van der Waals surface area contributed by atoms with Gasteiger partial charge in [-0.2, -0.15) is 0 Å². The van der Waals surface area contributed by atoms with Crippen molar-refractivity contribution in [2.75, 3.05) is 6.61 Å². The summed E-state index contributed by atoms with van der Waals surface area (Å²) in [6.45, 7) is 6.44. The molecular formula is C20H35NO2. The van der Waals surface area contributed by atoms with E-state index in [9.17, 15) is 5.11 Å². The minimum absolute atomic E-state index is 0.0419. The van der Waals surface area contributed by atoms with Crippen LogP contribution in [0.2, 0.25) is 0 Å². The summed E-state index contributed by atoms with van der Waals surface area (Å²) in [5, 5.41) is 9.37. The molecule has 0 amide bonds. The van der Waals surface area contributed by atoms with Crippen molar-refractivity contribution in [3.8, 4) is 5.75 Å². The van der Waals surface area contributed by atoms with E-state index in [2.05, 4.69) is 26.0 Å². The van der Waals surface area contributed by atoms with Gasteiger partial charge in [-0.3, -0.25) is 0 Å². The second-order valence-corrected chi connectivity index (χ2v) is 6.80. The van der Waals surface area contributed by atoms with E-state index in [0.29, 0.717) is 0 Å². The lowest BCUT2D eigenvalue weighted by atomic mass is 9.90. The first-order valence-electron chi connectivity index (χ1n) is 9.18. The van der Waals surface area contributed by atoms with Gasteiger partial charge in [-0.25, -0.2) is 0 Å². The Balaban J connectivity index is 2.38. The number of hydrogen-bond acceptors (Lipinski definition) is 3. The third kappa shape index (κ3) is 7.85. The molecule has 0 unspecified atom stereocenters. The number of rotatable bonds is 12. The molecule has 132 valence electrons. The van der Waals surface area contributed by atoms with Gasteiger partial charge >= 0.3 is 0 Å². The summed E-state index contributed by atoms with van der Waals surface area (Å²) >= 11 is 0. The van der Waals surface area contributed by atoms with E-state index in [1.165, 1.54) is 31.2 Å². The summed E-state index contributed by atoms with van der Waals surface area (Å²) in [5.74, 6) is 0.938. The molecule has 3 N–H and O–H groups in total. The highest BCUT2D eigenvalue weighted by atomic mass is 16.5. The van der Waals surface area contributed by atoms with Crippen molar-refractivity contribution in [3.63, 3.8) is 0 Å². The fraction of sp³-hybridized carbons (Fsp3) is 0.700. The highest BCUT2D eigenvalue weighted by Gasteiger charge is 2.20. The van der Waals surface area contributed by atoms with Gasteiger partial charge in [-0.15, -0.1) is 0 Å². The minimum Gasteiger partial charge on any atom is -0.491 e. The molecule has 0 aliphatic rings. The van der Waals surface area contributed by atoms with E-state index < -0.39 is 5.54 Å². The predicted octanol–water partition coefficient (Wildman–Crippen LogP) is 4.46. The normalized spacial score (nSPS) is 15.2. The van der Waals surface area contributed by atoms with Crippen LogP contribution in [0.3, 0.4) is 0 Å². The van der Waals surface area contributed by atoms with Gasteiger partial charge in [0.25, 0.3) is 0 Å². The zero-order valence-electron chi connectivity index (χ0n) is 15.2. The first-order valence-corrected chi connectivity index (χ1v) is 9.18. The first-order chi connectivity index (χ1) is 11.0. The Morgan fingerprint density at radius 3 is 2.39 bits per heavy atom. The molecule has 0 spiro atoms. The van der Waals surface area contributed by atoms with Crippen LogP contribution in [0.1, 0.15) is 71.3 Å². The van der Waals surface area contributed by atoms with E-state index in [0.717, 1.165) is 31.4 Å². The number of aryl methyl sites for hydroxylation is 1. The number of hydrogen-bond donors (Lipinski definition) is 2. The maximum Gasteiger partial charge on any atom is 0.119 e. The molecule has 0 aromatic heterocycles. The second-order valence-electron chi connectivity index (χ2n) is 6.80. The molecule has 0 aliphatic heterocycles. The number of ether oxygens (including phenoxy) is 1. The summed E-state index contributed by atoms with van der Waals surface area (Å²) in [7, 11) is 0. The average molecular weight is 322 g/mol. The fourth-order valence-corrected chi connectivity index (χ4v) is 2.65. The Bertz CT molecular complexity index is 412. The predicted molar refractivity (Wildman–Crippen MR) is 97.9 cm³/mol. The summed E-state index contributed by atoms with van der Waals surface area (Å²) in [5.41, 5.74) is 6.92. The zero-order chi connectivity index (χ0) is 17.1. The van der Waals surface area contributed by atoms with Crippen molar-refractivity contribution < 1.29 is 9.84 Å². The number of unbranched alkanes of at least 4 members (excludes halogenated alkanes) is 3. The zero-order valence-corrected chi connectivity index (χ0v) is 15.2. The van der Waals surface area contributed by atoms with Crippen LogP contribution in [0, 0.1) is 0 Å². The van der Waals surface area contributed by atoms with Gasteiger partial charge in [0.2, 0.25) is 0 Å². The lowest BCUT2D eigenvalue weighted by Gasteiger charge is -2.25. The molecule has 0 saturated heterocycles. The molecule has 2 atom stereocenters. The molecule has 1 rings (SSSR count). The SMILES string of the molecule is CCCCCC[C@H](C)Oc1ccc(CC[C@@](N)(CC)CO)cc1. The highest BCUT2D eigenvalue weighted by Crippen LogP contribution is 2.19. The van der Waals surface area contributed by atoms with E-state index in [1.54, 1.807) is 0 Å². The third-order valence-electron chi connectivity index (χ3n) is 4.66. The molecule has 3 heteroatoms. The first kappa shape index (κ1) is 20.0. The molecule has 1 aromatic carbocycles.